The van der Waals surface area contributed by atoms with Crippen LogP contribution in [0, 0.1) is 5.92 Å². The molecule has 0 bridgehead atoms. The molecule has 0 spiro atoms. The molecule has 1 aliphatic heterocycles. The zero-order chi connectivity index (χ0) is 19.7. The zero-order valence-electron chi connectivity index (χ0n) is 15.8. The van der Waals surface area contributed by atoms with Gasteiger partial charge in [-0.2, -0.15) is 5.10 Å². The third-order valence-corrected chi connectivity index (χ3v) is 4.96. The van der Waals surface area contributed by atoms with Crippen molar-refractivity contribution < 1.29 is 9.59 Å². The van der Waals surface area contributed by atoms with E-state index in [1.807, 2.05) is 55.4 Å². The average molecular weight is 378 g/mol. The summed E-state index contributed by atoms with van der Waals surface area (Å²) >= 11 is 0. The molecule has 4 rings (SSSR count). The van der Waals surface area contributed by atoms with Gasteiger partial charge in [0.25, 0.3) is 0 Å². The molecule has 8 nitrogen and oxygen atoms in total. The molecule has 2 amide bonds. The number of carbonyl (C=O) groups is 2. The van der Waals surface area contributed by atoms with Crippen molar-refractivity contribution in [3.8, 4) is 0 Å². The molecule has 0 aliphatic carbocycles. The topological polar surface area (TPSA) is 94.2 Å². The summed E-state index contributed by atoms with van der Waals surface area (Å²) in [7, 11) is 3.89. The van der Waals surface area contributed by atoms with Gasteiger partial charge in [0, 0.05) is 38.9 Å². The highest BCUT2D eigenvalue weighted by Gasteiger charge is 2.35. The molecule has 0 saturated carbocycles. The number of pyridine rings is 1. The van der Waals surface area contributed by atoms with Gasteiger partial charge < -0.3 is 15.1 Å². The van der Waals surface area contributed by atoms with E-state index in [9.17, 15) is 9.59 Å². The van der Waals surface area contributed by atoms with Crippen LogP contribution in [-0.4, -0.2) is 52.5 Å². The number of nitrogens with zero attached hydrogens (tertiary/aromatic N) is 4. The third kappa shape index (κ3) is 3.40. The number of hydrogen-bond donors (Lipinski definition) is 2. The van der Waals surface area contributed by atoms with Gasteiger partial charge in [-0.1, -0.05) is 12.1 Å². The Labute approximate surface area is 162 Å². The highest BCUT2D eigenvalue weighted by atomic mass is 16.2. The van der Waals surface area contributed by atoms with Crippen molar-refractivity contribution in [3.05, 3.63) is 48.3 Å². The van der Waals surface area contributed by atoms with Crippen LogP contribution in [0.1, 0.15) is 12.1 Å². The fourth-order valence-electron chi connectivity index (χ4n) is 3.52. The molecule has 1 saturated heterocycles. The van der Waals surface area contributed by atoms with Gasteiger partial charge in [-0.3, -0.25) is 19.7 Å². The average Bonchev–Trinajstić information content (AvgIpc) is 3.26. The Morgan fingerprint density at radius 1 is 1.29 bits per heavy atom. The molecule has 1 unspecified atom stereocenters. The molecule has 1 aromatic carbocycles. The molecule has 2 N–H and O–H groups in total. The van der Waals surface area contributed by atoms with E-state index < -0.39 is 5.92 Å². The Kier molecular flexibility index (Phi) is 4.68. The number of aromatic nitrogens is 3. The van der Waals surface area contributed by atoms with Crippen molar-refractivity contribution in [2.75, 3.05) is 30.9 Å². The van der Waals surface area contributed by atoms with Crippen LogP contribution in [0.3, 0.4) is 0 Å². The van der Waals surface area contributed by atoms with Gasteiger partial charge in [0.1, 0.15) is 0 Å². The molecule has 3 aromatic rings. The number of anilines is 2. The van der Waals surface area contributed by atoms with Crippen LogP contribution in [0.15, 0.2) is 42.6 Å². The van der Waals surface area contributed by atoms with Crippen LogP contribution in [0.4, 0.5) is 11.5 Å². The number of H-pyrrole nitrogens is 1. The van der Waals surface area contributed by atoms with E-state index in [2.05, 4.69) is 20.5 Å². The normalized spacial score (nSPS) is 16.6. The molecular formula is C20H22N6O2. The number of aromatic amines is 1. The van der Waals surface area contributed by atoms with Gasteiger partial charge in [-0.25, -0.2) is 0 Å². The first kappa shape index (κ1) is 18.0. The summed E-state index contributed by atoms with van der Waals surface area (Å²) in [5.74, 6) is -0.153. The highest BCUT2D eigenvalue weighted by Crippen LogP contribution is 2.31. The van der Waals surface area contributed by atoms with Crippen molar-refractivity contribution in [1.82, 2.24) is 20.1 Å². The second-order valence-electron chi connectivity index (χ2n) is 7.15. The Balaban J connectivity index is 1.49. The van der Waals surface area contributed by atoms with Gasteiger partial charge in [-0.05, 0) is 24.3 Å². The molecule has 3 heterocycles. The van der Waals surface area contributed by atoms with Crippen LogP contribution >= 0.6 is 0 Å². The van der Waals surface area contributed by atoms with Crippen LogP contribution in [0.5, 0.6) is 0 Å². The summed E-state index contributed by atoms with van der Waals surface area (Å²) < 4.78 is 0. The fourth-order valence-corrected chi connectivity index (χ4v) is 3.52. The van der Waals surface area contributed by atoms with E-state index in [1.165, 1.54) is 0 Å². The summed E-state index contributed by atoms with van der Waals surface area (Å²) in [5, 5.41) is 11.0. The fraction of sp³-hybridized carbons (Fsp3) is 0.300. The van der Waals surface area contributed by atoms with Gasteiger partial charge in [0.05, 0.1) is 29.1 Å². The van der Waals surface area contributed by atoms with E-state index >= 15 is 0 Å². The maximum Gasteiger partial charge on any atom is 0.231 e. The Hall–Kier alpha value is -3.42. The molecule has 2 aromatic heterocycles. The lowest BCUT2D eigenvalue weighted by atomic mass is 10.1. The molecule has 28 heavy (non-hydrogen) atoms. The lowest BCUT2D eigenvalue weighted by Gasteiger charge is -2.16. The van der Waals surface area contributed by atoms with E-state index in [0.717, 1.165) is 22.3 Å². The van der Waals surface area contributed by atoms with Crippen LogP contribution in [0.25, 0.3) is 10.9 Å². The first-order chi connectivity index (χ1) is 13.5. The van der Waals surface area contributed by atoms with Gasteiger partial charge in [0.2, 0.25) is 11.8 Å². The second-order valence-corrected chi connectivity index (χ2v) is 7.15. The van der Waals surface area contributed by atoms with Crippen LogP contribution in [-0.2, 0) is 16.1 Å². The number of likely N-dealkylation sites (tertiary alicyclic amines) is 1. The number of hydrogen-bond acceptors (Lipinski definition) is 5. The Bertz CT molecular complexity index is 1010. The standard InChI is InChI=1S/C20H22N6O2/c1-25(2)16-8-5-7-15-18(16)19(24-23-15)22-20(28)13-10-17(27)26(11-13)12-14-6-3-4-9-21-14/h3-9,13H,10-12H2,1-2H3,(H2,22,23,24,28). The predicted octanol–water partition coefficient (Wildman–Crippen LogP) is 2.01. The molecule has 8 heteroatoms. The number of fused-ring (bicyclic) bond motifs is 1. The second kappa shape index (κ2) is 7.30. The maximum atomic E-state index is 12.8. The number of carbonyl (C=O) groups excluding carboxylic acids is 2. The summed E-state index contributed by atoms with van der Waals surface area (Å²) in [4.78, 5) is 33.1. The number of rotatable bonds is 5. The maximum absolute atomic E-state index is 12.8. The lowest BCUT2D eigenvalue weighted by Crippen LogP contribution is -2.28. The third-order valence-electron chi connectivity index (χ3n) is 4.96. The first-order valence-corrected chi connectivity index (χ1v) is 9.16. The monoisotopic (exact) mass is 378 g/mol. The van der Waals surface area contributed by atoms with E-state index in [0.29, 0.717) is 18.9 Å². The highest BCUT2D eigenvalue weighted by molar-refractivity contribution is 6.07. The first-order valence-electron chi connectivity index (χ1n) is 9.16. The van der Waals surface area contributed by atoms with Crippen LogP contribution < -0.4 is 10.2 Å². The SMILES string of the molecule is CN(C)c1cccc2[nH]nc(NC(=O)C3CC(=O)N(Cc4ccccn4)C3)c12. The number of benzene rings is 1. The van der Waals surface area contributed by atoms with Gasteiger partial charge in [0.15, 0.2) is 5.82 Å². The summed E-state index contributed by atoms with van der Waals surface area (Å²) in [5.41, 5.74) is 2.62. The lowest BCUT2D eigenvalue weighted by molar-refractivity contribution is -0.128. The molecular weight excluding hydrogens is 356 g/mol. The minimum absolute atomic E-state index is 0.0355. The minimum atomic E-state index is -0.408. The molecule has 1 fully saturated rings. The smallest absolute Gasteiger partial charge is 0.231 e. The predicted molar refractivity (Wildman–Crippen MR) is 107 cm³/mol. The Morgan fingerprint density at radius 3 is 2.89 bits per heavy atom. The summed E-state index contributed by atoms with van der Waals surface area (Å²) in [6.07, 6.45) is 1.90. The summed E-state index contributed by atoms with van der Waals surface area (Å²) in [6, 6.07) is 11.4. The number of amides is 2. The molecule has 1 aliphatic rings. The van der Waals surface area contributed by atoms with E-state index in [1.54, 1.807) is 11.1 Å². The Morgan fingerprint density at radius 2 is 2.14 bits per heavy atom. The summed E-state index contributed by atoms with van der Waals surface area (Å²) in [6.45, 7) is 0.795. The van der Waals surface area contributed by atoms with Crippen LogP contribution in [0.2, 0.25) is 0 Å². The van der Waals surface area contributed by atoms with E-state index in [4.69, 9.17) is 0 Å². The molecule has 1 atom stereocenters. The van der Waals surface area contributed by atoms with Crippen molar-refractivity contribution in [1.29, 1.82) is 0 Å². The quantitative estimate of drug-likeness (QED) is 0.708. The molecule has 144 valence electrons. The van der Waals surface area contributed by atoms with Crippen molar-refractivity contribution in [2.45, 2.75) is 13.0 Å². The van der Waals surface area contributed by atoms with Gasteiger partial charge in [-0.15, -0.1) is 0 Å². The largest absolute Gasteiger partial charge is 0.377 e. The van der Waals surface area contributed by atoms with E-state index in [-0.39, 0.29) is 18.2 Å². The minimum Gasteiger partial charge on any atom is -0.377 e. The molecule has 0 radical (unpaired) electrons. The van der Waals surface area contributed by atoms with Crippen molar-refractivity contribution in [3.63, 3.8) is 0 Å². The van der Waals surface area contributed by atoms with Crippen molar-refractivity contribution in [2.24, 2.45) is 5.92 Å². The van der Waals surface area contributed by atoms with Gasteiger partial charge >= 0.3 is 0 Å². The van der Waals surface area contributed by atoms with Crippen molar-refractivity contribution >= 4 is 34.2 Å². The number of nitrogens with one attached hydrogen (secondary N) is 2. The zero-order valence-corrected chi connectivity index (χ0v) is 15.8.